The summed E-state index contributed by atoms with van der Waals surface area (Å²) in [5.74, 6) is 0.0159. The minimum absolute atomic E-state index is 0.0159. The topological polar surface area (TPSA) is 56.2 Å². The van der Waals surface area contributed by atoms with Crippen molar-refractivity contribution in [2.45, 2.75) is 12.2 Å². The van der Waals surface area contributed by atoms with Gasteiger partial charge in [0.15, 0.2) is 0 Å². The third-order valence-electron chi connectivity index (χ3n) is 2.47. The maximum Gasteiger partial charge on any atom is 0.107 e. The van der Waals surface area contributed by atoms with Crippen LogP contribution in [0.3, 0.4) is 0 Å². The molecule has 1 aromatic heterocycles. The van der Waals surface area contributed by atoms with Crippen molar-refractivity contribution < 1.29 is 10.2 Å². The summed E-state index contributed by atoms with van der Waals surface area (Å²) in [5.41, 5.74) is 1.63. The molecule has 2 atom stereocenters. The summed E-state index contributed by atoms with van der Waals surface area (Å²) in [7, 11) is 0. The van der Waals surface area contributed by atoms with Crippen LogP contribution in [-0.4, -0.2) is 27.2 Å². The second kappa shape index (κ2) is 4.23. The number of hydrogen-bond donors (Lipinski definition) is 3. The fourth-order valence-electron chi connectivity index (χ4n) is 1.66. The molecule has 0 aliphatic rings. The Kier molecular flexibility index (Phi) is 2.95. The van der Waals surface area contributed by atoms with E-state index in [9.17, 15) is 10.2 Å². The van der Waals surface area contributed by atoms with Crippen molar-refractivity contribution in [3.05, 3.63) is 36.0 Å². The maximum atomic E-state index is 9.86. The Morgan fingerprint density at radius 1 is 1.27 bits per heavy atom. The van der Waals surface area contributed by atoms with Gasteiger partial charge in [0.05, 0.1) is 12.0 Å². The second-order valence-electron chi connectivity index (χ2n) is 3.45. The number of halogens is 1. The minimum Gasteiger partial charge on any atom is -0.389 e. The lowest BCUT2D eigenvalue weighted by molar-refractivity contribution is 0.0336. The van der Waals surface area contributed by atoms with Crippen LogP contribution < -0.4 is 0 Å². The number of aromatic nitrogens is 1. The van der Waals surface area contributed by atoms with Gasteiger partial charge in [0.1, 0.15) is 6.10 Å². The number of nitrogens with one attached hydrogen (secondary N) is 1. The highest BCUT2D eigenvalue weighted by Gasteiger charge is 2.19. The summed E-state index contributed by atoms with van der Waals surface area (Å²) >= 11 is 5.50. The zero-order valence-electron chi connectivity index (χ0n) is 8.02. The SMILES string of the molecule is OC(CCl)C(O)c1cccc2[nH]ccc12. The van der Waals surface area contributed by atoms with Crippen LogP contribution in [0.2, 0.25) is 0 Å². The average Bonchev–Trinajstić information content (AvgIpc) is 2.74. The number of fused-ring (bicyclic) bond motifs is 1. The van der Waals surface area contributed by atoms with Crippen LogP contribution in [0.15, 0.2) is 30.5 Å². The molecule has 0 radical (unpaired) electrons. The number of aliphatic hydroxyl groups is 2. The first-order valence-electron chi connectivity index (χ1n) is 4.72. The molecular weight excluding hydrogens is 214 g/mol. The Hall–Kier alpha value is -1.03. The van der Waals surface area contributed by atoms with E-state index < -0.39 is 12.2 Å². The van der Waals surface area contributed by atoms with Crippen molar-refractivity contribution in [3.63, 3.8) is 0 Å². The molecule has 0 bridgehead atoms. The van der Waals surface area contributed by atoms with E-state index in [2.05, 4.69) is 4.98 Å². The monoisotopic (exact) mass is 225 g/mol. The summed E-state index contributed by atoms with van der Waals surface area (Å²) in [6.45, 7) is 0. The standard InChI is InChI=1S/C11H12ClNO2/c12-6-10(14)11(15)8-2-1-3-9-7(8)4-5-13-9/h1-5,10-11,13-15H,6H2. The molecule has 3 N–H and O–H groups in total. The summed E-state index contributed by atoms with van der Waals surface area (Å²) in [6.07, 6.45) is -0.0808. The van der Waals surface area contributed by atoms with Crippen LogP contribution in [-0.2, 0) is 0 Å². The Bertz CT molecular complexity index is 455. The normalized spacial score (nSPS) is 15.4. The first-order valence-corrected chi connectivity index (χ1v) is 5.25. The number of alkyl halides is 1. The van der Waals surface area contributed by atoms with Gasteiger partial charge in [-0.15, -0.1) is 11.6 Å². The van der Waals surface area contributed by atoms with E-state index in [0.29, 0.717) is 5.56 Å². The number of aliphatic hydroxyl groups excluding tert-OH is 2. The molecule has 3 nitrogen and oxygen atoms in total. The molecular formula is C11H12ClNO2. The Balaban J connectivity index is 2.46. The predicted molar refractivity (Wildman–Crippen MR) is 60.0 cm³/mol. The van der Waals surface area contributed by atoms with Gasteiger partial charge in [-0.1, -0.05) is 12.1 Å². The number of benzene rings is 1. The van der Waals surface area contributed by atoms with Gasteiger partial charge in [0, 0.05) is 17.1 Å². The van der Waals surface area contributed by atoms with E-state index in [-0.39, 0.29) is 5.88 Å². The van der Waals surface area contributed by atoms with Crippen LogP contribution in [0, 0.1) is 0 Å². The third-order valence-corrected chi connectivity index (χ3v) is 2.79. The van der Waals surface area contributed by atoms with Gasteiger partial charge in [0.2, 0.25) is 0 Å². The summed E-state index contributed by atoms with van der Waals surface area (Å²) in [4.78, 5) is 3.05. The van der Waals surface area contributed by atoms with Crippen molar-refractivity contribution in [1.82, 2.24) is 4.98 Å². The zero-order valence-corrected chi connectivity index (χ0v) is 8.78. The molecule has 0 saturated carbocycles. The molecule has 0 spiro atoms. The molecule has 0 fully saturated rings. The number of hydrogen-bond acceptors (Lipinski definition) is 2. The molecule has 4 heteroatoms. The predicted octanol–water partition coefficient (Wildman–Crippen LogP) is 1.80. The van der Waals surface area contributed by atoms with Crippen molar-refractivity contribution in [2.24, 2.45) is 0 Å². The van der Waals surface area contributed by atoms with Gasteiger partial charge in [-0.2, -0.15) is 0 Å². The van der Waals surface area contributed by atoms with Crippen LogP contribution in [0.5, 0.6) is 0 Å². The van der Waals surface area contributed by atoms with Gasteiger partial charge in [-0.3, -0.25) is 0 Å². The van der Waals surface area contributed by atoms with Gasteiger partial charge in [-0.25, -0.2) is 0 Å². The molecule has 15 heavy (non-hydrogen) atoms. The highest BCUT2D eigenvalue weighted by molar-refractivity contribution is 6.18. The number of aromatic amines is 1. The van der Waals surface area contributed by atoms with Crippen LogP contribution >= 0.6 is 11.6 Å². The molecule has 0 saturated heterocycles. The van der Waals surface area contributed by atoms with Gasteiger partial charge in [-0.05, 0) is 17.7 Å². The first-order chi connectivity index (χ1) is 7.24. The molecule has 1 heterocycles. The maximum absolute atomic E-state index is 9.86. The molecule has 2 rings (SSSR count). The molecule has 0 aliphatic heterocycles. The van der Waals surface area contributed by atoms with E-state index in [1.54, 1.807) is 12.3 Å². The highest BCUT2D eigenvalue weighted by Crippen LogP contribution is 2.26. The van der Waals surface area contributed by atoms with E-state index >= 15 is 0 Å². The molecule has 2 unspecified atom stereocenters. The fourth-order valence-corrected chi connectivity index (χ4v) is 1.83. The van der Waals surface area contributed by atoms with Crippen LogP contribution in [0.25, 0.3) is 10.9 Å². The lowest BCUT2D eigenvalue weighted by atomic mass is 10.0. The quantitative estimate of drug-likeness (QED) is 0.698. The van der Waals surface area contributed by atoms with Crippen LogP contribution in [0.4, 0.5) is 0 Å². The molecule has 0 aliphatic carbocycles. The summed E-state index contributed by atoms with van der Waals surface area (Å²) < 4.78 is 0. The lowest BCUT2D eigenvalue weighted by Gasteiger charge is -2.16. The summed E-state index contributed by atoms with van der Waals surface area (Å²) in [6, 6.07) is 7.41. The Morgan fingerprint density at radius 3 is 2.80 bits per heavy atom. The van der Waals surface area contributed by atoms with Crippen molar-refractivity contribution in [2.75, 3.05) is 5.88 Å². The minimum atomic E-state index is -0.943. The number of H-pyrrole nitrogens is 1. The van der Waals surface area contributed by atoms with E-state index in [1.807, 2.05) is 18.2 Å². The van der Waals surface area contributed by atoms with Crippen LogP contribution in [0.1, 0.15) is 11.7 Å². The van der Waals surface area contributed by atoms with Gasteiger partial charge < -0.3 is 15.2 Å². The molecule has 0 amide bonds. The second-order valence-corrected chi connectivity index (χ2v) is 3.76. The lowest BCUT2D eigenvalue weighted by Crippen LogP contribution is -2.19. The zero-order chi connectivity index (χ0) is 10.8. The van der Waals surface area contributed by atoms with Gasteiger partial charge >= 0.3 is 0 Å². The smallest absolute Gasteiger partial charge is 0.107 e. The Morgan fingerprint density at radius 2 is 2.07 bits per heavy atom. The fraction of sp³-hybridized carbons (Fsp3) is 0.273. The molecule has 1 aromatic carbocycles. The third kappa shape index (κ3) is 1.86. The molecule has 80 valence electrons. The van der Waals surface area contributed by atoms with Crippen molar-refractivity contribution in [3.8, 4) is 0 Å². The largest absolute Gasteiger partial charge is 0.389 e. The first kappa shape index (κ1) is 10.5. The number of rotatable bonds is 3. The van der Waals surface area contributed by atoms with E-state index in [0.717, 1.165) is 10.9 Å². The van der Waals surface area contributed by atoms with Crippen molar-refractivity contribution >= 4 is 22.5 Å². The van der Waals surface area contributed by atoms with Gasteiger partial charge in [0.25, 0.3) is 0 Å². The summed E-state index contributed by atoms with van der Waals surface area (Å²) in [5, 5.41) is 20.3. The Labute approximate surface area is 92.3 Å². The van der Waals surface area contributed by atoms with Crippen molar-refractivity contribution in [1.29, 1.82) is 0 Å². The van der Waals surface area contributed by atoms with E-state index in [1.165, 1.54) is 0 Å². The highest BCUT2D eigenvalue weighted by atomic mass is 35.5. The molecule has 2 aromatic rings. The average molecular weight is 226 g/mol. The van der Waals surface area contributed by atoms with E-state index in [4.69, 9.17) is 11.6 Å².